The predicted molar refractivity (Wildman–Crippen MR) is 98.7 cm³/mol. The Morgan fingerprint density at radius 3 is 2.36 bits per heavy atom. The van der Waals surface area contributed by atoms with Gasteiger partial charge < -0.3 is 14.4 Å². The van der Waals surface area contributed by atoms with Crippen molar-refractivity contribution in [3.8, 4) is 11.5 Å². The second kappa shape index (κ2) is 7.54. The van der Waals surface area contributed by atoms with Crippen molar-refractivity contribution in [3.63, 3.8) is 0 Å². The van der Waals surface area contributed by atoms with Crippen LogP contribution in [0.25, 0.3) is 0 Å². The minimum Gasteiger partial charge on any atom is -0.493 e. The molecule has 0 N–H and O–H groups in total. The first-order chi connectivity index (χ1) is 12.1. The third-order valence-corrected chi connectivity index (χ3v) is 4.83. The number of nitrogens with zero attached hydrogens (tertiary/aromatic N) is 1. The number of rotatable bonds is 4. The highest BCUT2D eigenvalue weighted by molar-refractivity contribution is 6.53. The maximum Gasteiger partial charge on any atom is 0.256 e. The van der Waals surface area contributed by atoms with Crippen LogP contribution in [0.3, 0.4) is 0 Å². The largest absolute Gasteiger partial charge is 0.493 e. The topological polar surface area (TPSA) is 38.8 Å². The molecular weight excluding hydrogens is 361 g/mol. The average Bonchev–Trinajstić information content (AvgIpc) is 2.65. The summed E-state index contributed by atoms with van der Waals surface area (Å²) in [6.07, 6.45) is 0.700. The second-order valence-electron chi connectivity index (χ2n) is 5.80. The summed E-state index contributed by atoms with van der Waals surface area (Å²) in [4.78, 5) is 13.2. The molecule has 4 nitrogen and oxygen atoms in total. The fourth-order valence-electron chi connectivity index (χ4n) is 3.30. The van der Waals surface area contributed by atoms with Crippen molar-refractivity contribution in [2.75, 3.05) is 20.8 Å². The van der Waals surface area contributed by atoms with Crippen molar-refractivity contribution < 1.29 is 14.3 Å². The van der Waals surface area contributed by atoms with Crippen LogP contribution >= 0.6 is 23.2 Å². The van der Waals surface area contributed by atoms with Crippen LogP contribution in [-0.2, 0) is 11.2 Å². The van der Waals surface area contributed by atoms with Gasteiger partial charge in [0.05, 0.1) is 20.3 Å². The maximum atomic E-state index is 12.6. The molecule has 1 atom stereocenters. The van der Waals surface area contributed by atoms with E-state index in [4.69, 9.17) is 32.7 Å². The van der Waals surface area contributed by atoms with Crippen molar-refractivity contribution >= 4 is 29.1 Å². The van der Waals surface area contributed by atoms with Crippen LogP contribution in [0.5, 0.6) is 11.5 Å². The van der Waals surface area contributed by atoms with Crippen LogP contribution in [0.1, 0.15) is 22.7 Å². The van der Waals surface area contributed by atoms with Crippen molar-refractivity contribution in [2.45, 2.75) is 17.3 Å². The monoisotopic (exact) mass is 379 g/mol. The molecule has 0 aromatic heterocycles. The number of methoxy groups -OCH3 is 2. The molecule has 1 aliphatic heterocycles. The molecule has 0 fully saturated rings. The summed E-state index contributed by atoms with van der Waals surface area (Å²) in [5, 5.41) is 0. The number of carbonyl (C=O) groups excluding carboxylic acids is 1. The lowest BCUT2D eigenvalue weighted by Gasteiger charge is -2.38. The van der Waals surface area contributed by atoms with Gasteiger partial charge in [0, 0.05) is 6.54 Å². The molecule has 0 saturated carbocycles. The molecule has 2 aromatic rings. The molecule has 2 aromatic carbocycles. The van der Waals surface area contributed by atoms with E-state index in [1.807, 2.05) is 42.5 Å². The molecular formula is C19H19Cl2NO3. The summed E-state index contributed by atoms with van der Waals surface area (Å²) < 4.78 is 10.9. The quantitative estimate of drug-likeness (QED) is 0.754. The Bertz CT molecular complexity index is 765. The molecule has 0 radical (unpaired) electrons. The second-order valence-corrected chi connectivity index (χ2v) is 6.90. The summed E-state index contributed by atoms with van der Waals surface area (Å²) in [6, 6.07) is 13.5. The first-order valence-corrected chi connectivity index (χ1v) is 8.82. The third kappa shape index (κ3) is 3.42. The van der Waals surface area contributed by atoms with E-state index in [1.54, 1.807) is 19.1 Å². The van der Waals surface area contributed by atoms with Gasteiger partial charge in [-0.05, 0) is 35.2 Å². The standard InChI is InChI=1S/C19H19Cl2NO3/c1-24-15-10-13-8-9-22(19(23)18(20)21)17(12-6-4-3-5-7-12)14(13)11-16(15)25-2/h3-7,10-11,17-18H,8-9H2,1-2H3. The highest BCUT2D eigenvalue weighted by Crippen LogP contribution is 2.41. The zero-order valence-electron chi connectivity index (χ0n) is 14.0. The van der Waals surface area contributed by atoms with Crippen LogP contribution in [0, 0.1) is 0 Å². The van der Waals surface area contributed by atoms with E-state index >= 15 is 0 Å². The minimum absolute atomic E-state index is 0.266. The number of halogens is 2. The van der Waals surface area contributed by atoms with Crippen LogP contribution in [0.2, 0.25) is 0 Å². The average molecular weight is 380 g/mol. The maximum absolute atomic E-state index is 12.6. The van der Waals surface area contributed by atoms with Gasteiger partial charge in [0.1, 0.15) is 0 Å². The van der Waals surface area contributed by atoms with Gasteiger partial charge in [0.25, 0.3) is 5.91 Å². The van der Waals surface area contributed by atoms with Gasteiger partial charge in [0.2, 0.25) is 0 Å². The molecule has 0 spiro atoms. The molecule has 0 saturated heterocycles. The number of amides is 1. The minimum atomic E-state index is -1.09. The molecule has 0 bridgehead atoms. The number of fused-ring (bicyclic) bond motifs is 1. The molecule has 132 valence electrons. The number of alkyl halides is 2. The Hall–Kier alpha value is -1.91. The van der Waals surface area contributed by atoms with Gasteiger partial charge in [-0.25, -0.2) is 0 Å². The fraction of sp³-hybridized carbons (Fsp3) is 0.316. The zero-order valence-corrected chi connectivity index (χ0v) is 15.6. The van der Waals surface area contributed by atoms with Crippen LogP contribution in [0.15, 0.2) is 42.5 Å². The van der Waals surface area contributed by atoms with E-state index in [9.17, 15) is 4.79 Å². The van der Waals surface area contributed by atoms with E-state index < -0.39 is 4.84 Å². The van der Waals surface area contributed by atoms with Crippen LogP contribution < -0.4 is 9.47 Å². The Kier molecular flexibility index (Phi) is 5.40. The summed E-state index contributed by atoms with van der Waals surface area (Å²) >= 11 is 11.8. The van der Waals surface area contributed by atoms with Crippen LogP contribution in [-0.4, -0.2) is 36.4 Å². The van der Waals surface area contributed by atoms with Gasteiger partial charge in [-0.1, -0.05) is 53.5 Å². The Morgan fingerprint density at radius 1 is 1.12 bits per heavy atom. The highest BCUT2D eigenvalue weighted by Gasteiger charge is 2.35. The molecule has 1 aliphatic rings. The highest BCUT2D eigenvalue weighted by atomic mass is 35.5. The number of hydrogen-bond acceptors (Lipinski definition) is 3. The third-order valence-electron chi connectivity index (χ3n) is 4.46. The summed E-state index contributed by atoms with van der Waals surface area (Å²) in [6.45, 7) is 0.539. The fourth-order valence-corrected chi connectivity index (χ4v) is 3.55. The van der Waals surface area contributed by atoms with Crippen molar-refractivity contribution in [1.82, 2.24) is 4.90 Å². The van der Waals surface area contributed by atoms with E-state index in [1.165, 1.54) is 0 Å². The summed E-state index contributed by atoms with van der Waals surface area (Å²) in [5.74, 6) is 1.02. The van der Waals surface area contributed by atoms with Crippen molar-refractivity contribution in [2.24, 2.45) is 0 Å². The van der Waals surface area contributed by atoms with E-state index in [0.717, 1.165) is 16.7 Å². The Labute approximate surface area is 157 Å². The lowest BCUT2D eigenvalue weighted by atomic mass is 9.87. The van der Waals surface area contributed by atoms with E-state index in [-0.39, 0.29) is 11.9 Å². The van der Waals surface area contributed by atoms with Gasteiger partial charge in [-0.2, -0.15) is 0 Å². The molecule has 3 rings (SSSR count). The summed E-state index contributed by atoms with van der Waals surface area (Å²) in [7, 11) is 3.21. The molecule has 0 aliphatic carbocycles. The Balaban J connectivity index is 2.15. The molecule has 1 unspecified atom stereocenters. The number of hydrogen-bond donors (Lipinski definition) is 0. The smallest absolute Gasteiger partial charge is 0.256 e. The zero-order chi connectivity index (χ0) is 18.0. The van der Waals surface area contributed by atoms with Crippen molar-refractivity contribution in [1.29, 1.82) is 0 Å². The van der Waals surface area contributed by atoms with Crippen LogP contribution in [0.4, 0.5) is 0 Å². The first-order valence-electron chi connectivity index (χ1n) is 7.95. The lowest BCUT2D eigenvalue weighted by molar-refractivity contribution is -0.131. The van der Waals surface area contributed by atoms with Crippen molar-refractivity contribution in [3.05, 3.63) is 59.2 Å². The number of benzene rings is 2. The van der Waals surface area contributed by atoms with Gasteiger partial charge in [-0.15, -0.1) is 0 Å². The summed E-state index contributed by atoms with van der Waals surface area (Å²) in [5.41, 5.74) is 3.12. The predicted octanol–water partition coefficient (Wildman–Crippen LogP) is 3.98. The normalized spacial score (nSPS) is 16.5. The van der Waals surface area contributed by atoms with Gasteiger partial charge in [-0.3, -0.25) is 4.79 Å². The number of carbonyl (C=O) groups is 1. The SMILES string of the molecule is COc1cc2c(cc1OC)C(c1ccccc1)N(C(=O)C(Cl)Cl)CC2. The Morgan fingerprint density at radius 2 is 1.76 bits per heavy atom. The molecule has 6 heteroatoms. The number of ether oxygens (including phenoxy) is 2. The molecule has 25 heavy (non-hydrogen) atoms. The van der Waals surface area contributed by atoms with Gasteiger partial charge in [0.15, 0.2) is 16.3 Å². The molecule has 1 heterocycles. The molecule has 1 amide bonds. The lowest BCUT2D eigenvalue weighted by Crippen LogP contribution is -2.43. The van der Waals surface area contributed by atoms with E-state index in [2.05, 4.69) is 0 Å². The van der Waals surface area contributed by atoms with Gasteiger partial charge >= 0.3 is 0 Å². The van der Waals surface area contributed by atoms with E-state index in [0.29, 0.717) is 24.5 Å². The first kappa shape index (κ1) is 17.9.